The van der Waals surface area contributed by atoms with Gasteiger partial charge in [0.2, 0.25) is 0 Å². The summed E-state index contributed by atoms with van der Waals surface area (Å²) in [7, 11) is 2.01. The van der Waals surface area contributed by atoms with E-state index in [1.165, 1.54) is 11.3 Å². The first-order valence-electron chi connectivity index (χ1n) is 6.89. The fourth-order valence-electron chi connectivity index (χ4n) is 2.96. The predicted molar refractivity (Wildman–Crippen MR) is 84.4 cm³/mol. The van der Waals surface area contributed by atoms with Gasteiger partial charge in [-0.2, -0.15) is 5.10 Å². The first-order valence-corrected chi connectivity index (χ1v) is 7.64. The molecule has 0 N–H and O–H groups in total. The summed E-state index contributed by atoms with van der Waals surface area (Å²) in [6, 6.07) is 5.64. The molecule has 0 radical (unpaired) electrons. The zero-order chi connectivity index (χ0) is 14.3. The standard InChI is InChI=1S/C15H17Cl2N3/c1-3-13-11-5-4-8-20(15(11)18-19(13)2)14-7-6-10(16)9-12(14)17/h6-7,9H,3-5,8H2,1-2H3. The SMILES string of the molecule is CCc1c2c(nn1C)N(c1ccc(Cl)cc1Cl)CCC2. The second-order valence-electron chi connectivity index (χ2n) is 5.08. The first kappa shape index (κ1) is 13.8. The number of aromatic nitrogens is 2. The predicted octanol–water partition coefficient (Wildman–Crippen LogP) is 4.37. The van der Waals surface area contributed by atoms with E-state index in [9.17, 15) is 0 Å². The monoisotopic (exact) mass is 309 g/mol. The van der Waals surface area contributed by atoms with E-state index in [4.69, 9.17) is 28.3 Å². The Bertz CT molecular complexity index is 649. The Morgan fingerprint density at radius 3 is 2.80 bits per heavy atom. The molecule has 5 heteroatoms. The minimum Gasteiger partial charge on any atom is -0.323 e. The Labute approximate surface area is 129 Å². The van der Waals surface area contributed by atoms with Gasteiger partial charge in [0.15, 0.2) is 5.82 Å². The molecule has 20 heavy (non-hydrogen) atoms. The van der Waals surface area contributed by atoms with Gasteiger partial charge < -0.3 is 4.90 Å². The van der Waals surface area contributed by atoms with Gasteiger partial charge >= 0.3 is 0 Å². The van der Waals surface area contributed by atoms with Crippen LogP contribution in [0.1, 0.15) is 24.6 Å². The molecule has 0 amide bonds. The molecule has 0 fully saturated rings. The number of anilines is 2. The summed E-state index contributed by atoms with van der Waals surface area (Å²) in [6.45, 7) is 3.11. The third-order valence-electron chi connectivity index (χ3n) is 3.85. The molecule has 0 aliphatic carbocycles. The van der Waals surface area contributed by atoms with Crippen molar-refractivity contribution in [1.29, 1.82) is 0 Å². The lowest BCUT2D eigenvalue weighted by Crippen LogP contribution is -2.25. The van der Waals surface area contributed by atoms with Crippen LogP contribution in [-0.2, 0) is 19.9 Å². The van der Waals surface area contributed by atoms with E-state index in [2.05, 4.69) is 11.8 Å². The van der Waals surface area contributed by atoms with E-state index in [0.29, 0.717) is 10.0 Å². The second kappa shape index (κ2) is 5.30. The number of halogens is 2. The van der Waals surface area contributed by atoms with Crippen molar-refractivity contribution in [3.8, 4) is 0 Å². The van der Waals surface area contributed by atoms with Crippen LogP contribution in [0.3, 0.4) is 0 Å². The number of benzene rings is 1. The molecule has 2 aromatic rings. The van der Waals surface area contributed by atoms with Crippen molar-refractivity contribution in [3.63, 3.8) is 0 Å². The van der Waals surface area contributed by atoms with Gasteiger partial charge in [-0.3, -0.25) is 4.68 Å². The van der Waals surface area contributed by atoms with E-state index in [1.54, 1.807) is 6.07 Å². The van der Waals surface area contributed by atoms with Gasteiger partial charge in [0.25, 0.3) is 0 Å². The van der Waals surface area contributed by atoms with Crippen LogP contribution in [-0.4, -0.2) is 16.3 Å². The van der Waals surface area contributed by atoms with Crippen molar-refractivity contribution in [2.24, 2.45) is 7.05 Å². The second-order valence-corrected chi connectivity index (χ2v) is 5.92. The number of hydrogen-bond acceptors (Lipinski definition) is 2. The Hall–Kier alpha value is -1.19. The van der Waals surface area contributed by atoms with Crippen LogP contribution in [0.15, 0.2) is 18.2 Å². The third kappa shape index (κ3) is 2.19. The van der Waals surface area contributed by atoms with Crippen molar-refractivity contribution >= 4 is 34.7 Å². The lowest BCUT2D eigenvalue weighted by Gasteiger charge is -2.28. The van der Waals surface area contributed by atoms with Crippen LogP contribution in [0.25, 0.3) is 0 Å². The quantitative estimate of drug-likeness (QED) is 0.821. The molecule has 1 aliphatic rings. The van der Waals surface area contributed by atoms with Gasteiger partial charge in [-0.05, 0) is 37.5 Å². The third-order valence-corrected chi connectivity index (χ3v) is 4.39. The van der Waals surface area contributed by atoms with Crippen LogP contribution in [0, 0.1) is 0 Å². The van der Waals surface area contributed by atoms with E-state index in [0.717, 1.165) is 37.3 Å². The summed E-state index contributed by atoms with van der Waals surface area (Å²) in [5.41, 5.74) is 3.65. The van der Waals surface area contributed by atoms with Crippen molar-refractivity contribution in [3.05, 3.63) is 39.5 Å². The van der Waals surface area contributed by atoms with Gasteiger partial charge in [0.05, 0.1) is 10.7 Å². The maximum absolute atomic E-state index is 6.35. The molecular formula is C15H17Cl2N3. The molecule has 2 heterocycles. The van der Waals surface area contributed by atoms with E-state index in [1.807, 2.05) is 23.9 Å². The lowest BCUT2D eigenvalue weighted by molar-refractivity contribution is 0.715. The zero-order valence-corrected chi connectivity index (χ0v) is 13.2. The van der Waals surface area contributed by atoms with E-state index >= 15 is 0 Å². The highest BCUT2D eigenvalue weighted by molar-refractivity contribution is 6.36. The van der Waals surface area contributed by atoms with Crippen LogP contribution >= 0.6 is 23.2 Å². The van der Waals surface area contributed by atoms with Gasteiger partial charge in [0, 0.05) is 29.9 Å². The summed E-state index contributed by atoms with van der Waals surface area (Å²) in [5, 5.41) is 6.03. The molecule has 0 spiro atoms. The molecule has 106 valence electrons. The molecule has 1 aromatic carbocycles. The molecule has 0 saturated carbocycles. The highest BCUT2D eigenvalue weighted by Crippen LogP contribution is 2.38. The number of fused-ring (bicyclic) bond motifs is 1. The Balaban J connectivity index is 2.10. The Morgan fingerprint density at radius 1 is 1.30 bits per heavy atom. The molecule has 0 bridgehead atoms. The Kier molecular flexibility index (Phi) is 3.65. The zero-order valence-electron chi connectivity index (χ0n) is 11.7. The summed E-state index contributed by atoms with van der Waals surface area (Å²) in [6.07, 6.45) is 3.21. The molecule has 0 unspecified atom stereocenters. The summed E-state index contributed by atoms with van der Waals surface area (Å²) < 4.78 is 1.99. The minimum absolute atomic E-state index is 0.659. The van der Waals surface area contributed by atoms with E-state index < -0.39 is 0 Å². The van der Waals surface area contributed by atoms with Crippen LogP contribution < -0.4 is 4.90 Å². The Morgan fingerprint density at radius 2 is 2.10 bits per heavy atom. The summed E-state index contributed by atoms with van der Waals surface area (Å²) in [5.74, 6) is 1.04. The van der Waals surface area contributed by atoms with Crippen LogP contribution in [0.2, 0.25) is 10.0 Å². The normalized spacial score (nSPS) is 14.5. The van der Waals surface area contributed by atoms with Crippen molar-refractivity contribution in [1.82, 2.24) is 9.78 Å². The van der Waals surface area contributed by atoms with Crippen molar-refractivity contribution < 1.29 is 0 Å². The maximum atomic E-state index is 6.35. The smallest absolute Gasteiger partial charge is 0.158 e. The van der Waals surface area contributed by atoms with Gasteiger partial charge in [-0.1, -0.05) is 30.1 Å². The maximum Gasteiger partial charge on any atom is 0.158 e. The lowest BCUT2D eigenvalue weighted by atomic mass is 10.0. The topological polar surface area (TPSA) is 21.1 Å². The van der Waals surface area contributed by atoms with E-state index in [-0.39, 0.29) is 0 Å². The van der Waals surface area contributed by atoms with Crippen LogP contribution in [0.5, 0.6) is 0 Å². The minimum atomic E-state index is 0.659. The average molecular weight is 310 g/mol. The van der Waals surface area contributed by atoms with Gasteiger partial charge in [-0.25, -0.2) is 0 Å². The molecule has 1 aromatic heterocycles. The van der Waals surface area contributed by atoms with Crippen molar-refractivity contribution in [2.75, 3.05) is 11.4 Å². The number of hydrogen-bond donors (Lipinski definition) is 0. The van der Waals surface area contributed by atoms with Gasteiger partial charge in [0.1, 0.15) is 0 Å². The fraction of sp³-hybridized carbons (Fsp3) is 0.400. The van der Waals surface area contributed by atoms with Gasteiger partial charge in [-0.15, -0.1) is 0 Å². The summed E-state index contributed by atoms with van der Waals surface area (Å²) in [4.78, 5) is 2.21. The fourth-order valence-corrected chi connectivity index (χ4v) is 3.47. The molecule has 3 nitrogen and oxygen atoms in total. The number of rotatable bonds is 2. The summed E-state index contributed by atoms with van der Waals surface area (Å²) >= 11 is 12.3. The number of aryl methyl sites for hydroxylation is 1. The largest absolute Gasteiger partial charge is 0.323 e. The molecule has 0 saturated heterocycles. The highest BCUT2D eigenvalue weighted by atomic mass is 35.5. The van der Waals surface area contributed by atoms with Crippen LogP contribution in [0.4, 0.5) is 11.5 Å². The molecule has 1 aliphatic heterocycles. The molecular weight excluding hydrogens is 293 g/mol. The first-order chi connectivity index (χ1) is 9.61. The number of nitrogens with zero attached hydrogens (tertiary/aromatic N) is 3. The molecule has 3 rings (SSSR count). The highest BCUT2D eigenvalue weighted by Gasteiger charge is 2.26. The average Bonchev–Trinajstić information content (AvgIpc) is 2.74. The molecule has 0 atom stereocenters. The van der Waals surface area contributed by atoms with Crippen molar-refractivity contribution in [2.45, 2.75) is 26.2 Å².